The second kappa shape index (κ2) is 13.0. The summed E-state index contributed by atoms with van der Waals surface area (Å²) in [5, 5.41) is 13.7. The Labute approximate surface area is 201 Å². The number of hydrogen-bond acceptors (Lipinski definition) is 5. The largest absolute Gasteiger partial charge is 2.00 e. The van der Waals surface area contributed by atoms with Gasteiger partial charge in [-0.15, -0.1) is 0 Å². The molecule has 1 aliphatic rings. The summed E-state index contributed by atoms with van der Waals surface area (Å²) < 4.78 is 59.2. The zero-order valence-electron chi connectivity index (χ0n) is 19.1. The van der Waals surface area contributed by atoms with E-state index in [0.29, 0.717) is 0 Å². The molecule has 0 bridgehead atoms. The zero-order valence-corrected chi connectivity index (χ0v) is 21.0. The van der Waals surface area contributed by atoms with Crippen molar-refractivity contribution in [3.63, 3.8) is 0 Å². The van der Waals surface area contributed by atoms with Gasteiger partial charge < -0.3 is 20.1 Å². The van der Waals surface area contributed by atoms with Gasteiger partial charge in [-0.05, 0) is 65.9 Å². The number of carbonyl (C=O) groups excluding carboxylic acids is 1. The maximum Gasteiger partial charge on any atom is 2.00 e. The summed E-state index contributed by atoms with van der Waals surface area (Å²) in [5.74, 6) is -1.13. The second-order valence-corrected chi connectivity index (χ2v) is 10.1. The molecule has 1 heterocycles. The van der Waals surface area contributed by atoms with Crippen LogP contribution in [0.25, 0.3) is 0 Å². The van der Waals surface area contributed by atoms with Crippen molar-refractivity contribution in [1.82, 2.24) is 10.2 Å². The van der Waals surface area contributed by atoms with E-state index in [9.17, 15) is 35.1 Å². The average molecular weight is 550 g/mol. The summed E-state index contributed by atoms with van der Waals surface area (Å²) in [6.07, 6.45) is 3.47. The minimum Gasteiger partial charge on any atom is -0.545 e. The fourth-order valence-electron chi connectivity index (χ4n) is 2.83. The molecule has 0 atom stereocenters. The van der Waals surface area contributed by atoms with Crippen LogP contribution in [-0.4, -0.2) is 55.3 Å². The number of carboxylic acid groups (broad SMARTS) is 1. The van der Waals surface area contributed by atoms with Crippen LogP contribution in [0.2, 0.25) is 0 Å². The number of nitrogens with one attached hydrogen (secondary N) is 1. The molecule has 0 aromatic heterocycles. The summed E-state index contributed by atoms with van der Waals surface area (Å²) >= 11 is 0. The van der Waals surface area contributed by atoms with E-state index in [1.165, 1.54) is 43.8 Å². The first-order valence-electron chi connectivity index (χ1n) is 10.0. The fraction of sp³-hybridized carbons (Fsp3) is 0.600. The molecule has 0 saturated heterocycles. The van der Waals surface area contributed by atoms with Crippen LogP contribution in [-0.2, 0) is 16.5 Å². The number of aromatic carboxylic acids is 1. The monoisotopic (exact) mass is 549 g/mol. The van der Waals surface area contributed by atoms with Crippen LogP contribution in [0, 0.1) is 0 Å². The molecule has 1 N–H and O–H groups in total. The maximum atomic E-state index is 10.1. The van der Waals surface area contributed by atoms with Crippen LogP contribution < -0.4 is 10.4 Å². The molecule has 1 aromatic carbocycles. The Bertz CT molecular complexity index is 736. The maximum absolute atomic E-state index is 10.7. The molecule has 196 valence electrons. The molecule has 1 aromatic rings. The van der Waals surface area contributed by atoms with E-state index >= 15 is 0 Å². The number of halogens is 6. The van der Waals surface area contributed by atoms with Gasteiger partial charge in [0.2, 0.25) is 0 Å². The Kier molecular flexibility index (Phi) is 13.4. The van der Waals surface area contributed by atoms with Crippen molar-refractivity contribution in [2.24, 2.45) is 4.99 Å². The summed E-state index contributed by atoms with van der Waals surface area (Å²) in [5.41, 5.74) is 1.68. The van der Waals surface area contributed by atoms with Crippen LogP contribution in [0.3, 0.4) is 0 Å². The van der Waals surface area contributed by atoms with Gasteiger partial charge in [-0.1, -0.05) is 30.3 Å². The van der Waals surface area contributed by atoms with E-state index in [2.05, 4.69) is 43.0 Å². The van der Waals surface area contributed by atoms with Crippen molar-refractivity contribution >= 4 is 19.5 Å². The van der Waals surface area contributed by atoms with Gasteiger partial charge in [0.25, 0.3) is 0 Å². The molecular formula is C20H32F6N3NiO2P. The van der Waals surface area contributed by atoms with Crippen LogP contribution in [0.15, 0.2) is 35.3 Å². The summed E-state index contributed by atoms with van der Waals surface area (Å²) in [7, 11) is -8.46. The molecule has 0 amide bonds. The fourth-order valence-corrected chi connectivity index (χ4v) is 2.83. The smallest absolute Gasteiger partial charge is 0.545 e. The number of carboxylic acids is 1. The van der Waals surface area contributed by atoms with Crippen LogP contribution in [0.1, 0.15) is 50.4 Å². The number of hydrogen-bond donors (Lipinski definition) is 1. The Morgan fingerprint density at radius 2 is 1.55 bits per heavy atom. The van der Waals surface area contributed by atoms with Crippen LogP contribution >= 0.6 is 7.81 Å². The minimum atomic E-state index is -10.7. The van der Waals surface area contributed by atoms with Gasteiger partial charge >= 0.3 is 49.5 Å². The molecule has 0 spiro atoms. The number of aliphatic imine (C=N–C) groups is 1. The van der Waals surface area contributed by atoms with Crippen LogP contribution in [0.5, 0.6) is 0 Å². The molecule has 5 nitrogen and oxygen atoms in total. The normalized spacial score (nSPS) is 19.6. The van der Waals surface area contributed by atoms with Crippen molar-refractivity contribution in [1.29, 1.82) is 0 Å². The molecule has 0 saturated carbocycles. The molecule has 0 fully saturated rings. The minimum absolute atomic E-state index is 0. The number of rotatable bonds is 1. The SMILES string of the molecule is CC1=NCCCN(C)CCCNC(C)(C)C1.F[P-](F)(F)(F)(F)F.O=C([O-])c1ccccc1.[Ni+2]. The second-order valence-electron chi connectivity index (χ2n) is 8.23. The van der Waals surface area contributed by atoms with E-state index in [-0.39, 0.29) is 27.6 Å². The number of benzene rings is 1. The molecular weight excluding hydrogens is 518 g/mol. The van der Waals surface area contributed by atoms with Gasteiger partial charge in [-0.3, -0.25) is 4.99 Å². The predicted molar refractivity (Wildman–Crippen MR) is 116 cm³/mol. The van der Waals surface area contributed by atoms with Crippen molar-refractivity contribution in [3.05, 3.63) is 35.9 Å². The Morgan fingerprint density at radius 1 is 1.06 bits per heavy atom. The summed E-state index contributed by atoms with van der Waals surface area (Å²) in [6, 6.07) is 8.06. The topological polar surface area (TPSA) is 67.8 Å². The quantitative estimate of drug-likeness (QED) is 0.291. The van der Waals surface area contributed by atoms with Gasteiger partial charge in [-0.2, -0.15) is 0 Å². The first-order chi connectivity index (χ1) is 14.2. The average Bonchev–Trinajstić information content (AvgIpc) is 2.60. The van der Waals surface area contributed by atoms with Gasteiger partial charge in [0, 0.05) is 24.2 Å². The number of carbonyl (C=O) groups is 1. The Morgan fingerprint density at radius 3 is 2.00 bits per heavy atom. The van der Waals surface area contributed by atoms with E-state index in [1.54, 1.807) is 18.2 Å². The van der Waals surface area contributed by atoms with E-state index in [4.69, 9.17) is 0 Å². The molecule has 13 heteroatoms. The third-order valence-electron chi connectivity index (χ3n) is 4.11. The van der Waals surface area contributed by atoms with Gasteiger partial charge in [-0.25, -0.2) is 0 Å². The van der Waals surface area contributed by atoms with E-state index < -0.39 is 13.8 Å². The van der Waals surface area contributed by atoms with Gasteiger partial charge in [0.15, 0.2) is 0 Å². The van der Waals surface area contributed by atoms with Crippen molar-refractivity contribution < 1.29 is 51.6 Å². The van der Waals surface area contributed by atoms with E-state index in [1.807, 2.05) is 0 Å². The zero-order chi connectivity index (χ0) is 25.1. The Balaban J connectivity index is 0. The molecule has 0 radical (unpaired) electrons. The standard InChI is InChI=1S/C13H27N3.C7H6O2.F6P.Ni/c1-12-11-13(2,3)15-8-6-10-16(4)9-5-7-14-12;8-7(9)6-4-2-1-3-5-6;1-7(2,3,4,5)6;/h15H,5-11H2,1-4H3;1-5H,(H,8,9);;/q;;-1;+2/p-1. The third kappa shape index (κ3) is 26.9. The summed E-state index contributed by atoms with van der Waals surface area (Å²) in [6.45, 7) is 11.1. The summed E-state index contributed by atoms with van der Waals surface area (Å²) in [4.78, 5) is 17.1. The molecule has 33 heavy (non-hydrogen) atoms. The molecule has 0 unspecified atom stereocenters. The number of nitrogens with zero attached hydrogens (tertiary/aromatic N) is 2. The van der Waals surface area contributed by atoms with Crippen LogP contribution in [0.4, 0.5) is 25.2 Å². The molecule has 2 rings (SSSR count). The van der Waals surface area contributed by atoms with Crippen molar-refractivity contribution in [2.75, 3.05) is 33.2 Å². The van der Waals surface area contributed by atoms with Crippen molar-refractivity contribution in [2.45, 2.75) is 45.6 Å². The molecule has 1 aliphatic heterocycles. The predicted octanol–water partition coefficient (Wildman–Crippen LogP) is 5.36. The van der Waals surface area contributed by atoms with Gasteiger partial charge in [0.1, 0.15) is 0 Å². The Hall–Kier alpha value is -1.22. The van der Waals surface area contributed by atoms with Gasteiger partial charge in [0.05, 0.1) is 5.97 Å². The third-order valence-corrected chi connectivity index (χ3v) is 4.11. The molecule has 0 aliphatic carbocycles. The first kappa shape index (κ1) is 34.0. The first-order valence-corrected chi connectivity index (χ1v) is 12.0. The van der Waals surface area contributed by atoms with Crippen molar-refractivity contribution in [3.8, 4) is 0 Å². The van der Waals surface area contributed by atoms with E-state index in [0.717, 1.165) is 19.5 Å².